The normalized spacial score (nSPS) is 12.5. The van der Waals surface area contributed by atoms with Gasteiger partial charge in [-0.3, -0.25) is 0 Å². The average molecular weight is 252 g/mol. The summed E-state index contributed by atoms with van der Waals surface area (Å²) in [7, 11) is 0. The SMILES string of the molecule is Cc1ccnc(F)c1C(O)c1ccc(Cl)cc1. The van der Waals surface area contributed by atoms with Gasteiger partial charge in [0.25, 0.3) is 0 Å². The fourth-order valence-corrected chi connectivity index (χ4v) is 1.80. The minimum atomic E-state index is -1.03. The van der Waals surface area contributed by atoms with Crippen LogP contribution in [0.2, 0.25) is 5.02 Å². The van der Waals surface area contributed by atoms with Crippen LogP contribution in [0.1, 0.15) is 22.8 Å². The second-order valence-electron chi connectivity index (χ2n) is 3.79. The zero-order chi connectivity index (χ0) is 12.4. The van der Waals surface area contributed by atoms with Crippen LogP contribution in [0.15, 0.2) is 36.5 Å². The molecule has 1 atom stereocenters. The van der Waals surface area contributed by atoms with Crippen molar-refractivity contribution < 1.29 is 9.50 Å². The Labute approximate surface area is 104 Å². The molecule has 0 aliphatic rings. The maximum atomic E-state index is 13.6. The van der Waals surface area contributed by atoms with E-state index in [1.54, 1.807) is 37.3 Å². The van der Waals surface area contributed by atoms with Crippen LogP contribution in [0.3, 0.4) is 0 Å². The van der Waals surface area contributed by atoms with E-state index in [0.29, 0.717) is 16.1 Å². The number of hydrogen-bond donors (Lipinski definition) is 1. The molecule has 2 rings (SSSR count). The van der Waals surface area contributed by atoms with Crippen molar-refractivity contribution in [1.82, 2.24) is 4.98 Å². The van der Waals surface area contributed by atoms with Crippen molar-refractivity contribution >= 4 is 11.6 Å². The van der Waals surface area contributed by atoms with Crippen molar-refractivity contribution in [2.45, 2.75) is 13.0 Å². The van der Waals surface area contributed by atoms with Crippen LogP contribution in [-0.4, -0.2) is 10.1 Å². The third kappa shape index (κ3) is 2.46. The number of aliphatic hydroxyl groups is 1. The molecular formula is C13H11ClFNO. The third-order valence-electron chi connectivity index (χ3n) is 2.62. The molecule has 0 spiro atoms. The Kier molecular flexibility index (Phi) is 3.41. The molecule has 1 heterocycles. The largest absolute Gasteiger partial charge is 0.383 e. The maximum Gasteiger partial charge on any atom is 0.219 e. The molecule has 0 saturated heterocycles. The Hall–Kier alpha value is -1.45. The molecular weight excluding hydrogens is 241 g/mol. The van der Waals surface area contributed by atoms with Gasteiger partial charge in [-0.15, -0.1) is 0 Å². The number of nitrogens with zero attached hydrogens (tertiary/aromatic N) is 1. The zero-order valence-electron chi connectivity index (χ0n) is 9.19. The number of rotatable bonds is 2. The van der Waals surface area contributed by atoms with E-state index in [1.807, 2.05) is 0 Å². The van der Waals surface area contributed by atoms with Gasteiger partial charge in [-0.1, -0.05) is 23.7 Å². The van der Waals surface area contributed by atoms with E-state index >= 15 is 0 Å². The molecule has 17 heavy (non-hydrogen) atoms. The third-order valence-corrected chi connectivity index (χ3v) is 2.87. The summed E-state index contributed by atoms with van der Waals surface area (Å²) in [5.74, 6) is -0.646. The quantitative estimate of drug-likeness (QED) is 0.831. The first kappa shape index (κ1) is 12.0. The molecule has 2 nitrogen and oxygen atoms in total. The van der Waals surface area contributed by atoms with E-state index in [2.05, 4.69) is 4.98 Å². The van der Waals surface area contributed by atoms with Gasteiger partial charge in [0, 0.05) is 16.8 Å². The van der Waals surface area contributed by atoms with E-state index in [4.69, 9.17) is 11.6 Å². The second kappa shape index (κ2) is 4.82. The minimum Gasteiger partial charge on any atom is -0.383 e. The molecule has 1 aromatic carbocycles. The van der Waals surface area contributed by atoms with Crippen LogP contribution in [0.25, 0.3) is 0 Å². The zero-order valence-corrected chi connectivity index (χ0v) is 9.95. The van der Waals surface area contributed by atoms with Crippen LogP contribution < -0.4 is 0 Å². The fourth-order valence-electron chi connectivity index (χ4n) is 1.68. The Morgan fingerprint density at radius 2 is 1.88 bits per heavy atom. The molecule has 0 bridgehead atoms. The van der Waals surface area contributed by atoms with Gasteiger partial charge in [0.2, 0.25) is 5.95 Å². The molecule has 0 fully saturated rings. The van der Waals surface area contributed by atoms with Crippen LogP contribution >= 0.6 is 11.6 Å². The van der Waals surface area contributed by atoms with Crippen LogP contribution in [0.4, 0.5) is 4.39 Å². The molecule has 0 radical (unpaired) electrons. The van der Waals surface area contributed by atoms with Crippen LogP contribution in [-0.2, 0) is 0 Å². The minimum absolute atomic E-state index is 0.204. The monoisotopic (exact) mass is 251 g/mol. The molecule has 4 heteroatoms. The summed E-state index contributed by atoms with van der Waals surface area (Å²) in [5, 5.41) is 10.7. The Balaban J connectivity index is 2.43. The summed E-state index contributed by atoms with van der Waals surface area (Å²) in [6.07, 6.45) is 0.351. The lowest BCUT2D eigenvalue weighted by molar-refractivity contribution is 0.212. The Bertz CT molecular complexity index is 507. The van der Waals surface area contributed by atoms with E-state index in [1.165, 1.54) is 6.20 Å². The highest BCUT2D eigenvalue weighted by atomic mass is 35.5. The number of aryl methyl sites for hydroxylation is 1. The lowest BCUT2D eigenvalue weighted by atomic mass is 9.99. The molecule has 2 aromatic rings. The highest BCUT2D eigenvalue weighted by Crippen LogP contribution is 2.26. The van der Waals surface area contributed by atoms with Gasteiger partial charge < -0.3 is 5.11 Å². The molecule has 1 aromatic heterocycles. The summed E-state index contributed by atoms with van der Waals surface area (Å²) >= 11 is 5.76. The molecule has 88 valence electrons. The summed E-state index contributed by atoms with van der Waals surface area (Å²) in [4.78, 5) is 3.55. The maximum absolute atomic E-state index is 13.6. The predicted octanol–water partition coefficient (Wildman–Crippen LogP) is 3.26. The lowest BCUT2D eigenvalue weighted by Gasteiger charge is -2.14. The smallest absolute Gasteiger partial charge is 0.219 e. The number of hydrogen-bond acceptors (Lipinski definition) is 2. The summed E-state index contributed by atoms with van der Waals surface area (Å²) in [5.41, 5.74) is 1.46. The second-order valence-corrected chi connectivity index (χ2v) is 4.22. The van der Waals surface area contributed by atoms with E-state index in [0.717, 1.165) is 0 Å². The fraction of sp³-hybridized carbons (Fsp3) is 0.154. The van der Waals surface area contributed by atoms with Gasteiger partial charge in [-0.05, 0) is 36.2 Å². The summed E-state index contributed by atoms with van der Waals surface area (Å²) < 4.78 is 13.6. The standard InChI is InChI=1S/C13H11ClFNO/c1-8-6-7-16-13(15)11(8)12(17)9-2-4-10(14)5-3-9/h2-7,12,17H,1H3. The molecule has 0 amide bonds. The number of pyridine rings is 1. The topological polar surface area (TPSA) is 33.1 Å². The van der Waals surface area contributed by atoms with Gasteiger partial charge in [0.15, 0.2) is 0 Å². The molecule has 0 saturated carbocycles. The first-order valence-corrected chi connectivity index (χ1v) is 5.52. The van der Waals surface area contributed by atoms with Crippen molar-refractivity contribution in [3.8, 4) is 0 Å². The highest BCUT2D eigenvalue weighted by molar-refractivity contribution is 6.30. The van der Waals surface area contributed by atoms with Gasteiger partial charge in [0.1, 0.15) is 6.10 Å². The summed E-state index contributed by atoms with van der Waals surface area (Å²) in [6.45, 7) is 1.74. The molecule has 0 aliphatic heterocycles. The van der Waals surface area contributed by atoms with Gasteiger partial charge >= 0.3 is 0 Å². The predicted molar refractivity (Wildman–Crippen MR) is 64.4 cm³/mol. The first-order chi connectivity index (χ1) is 8.09. The Morgan fingerprint density at radius 3 is 2.47 bits per heavy atom. The molecule has 1 unspecified atom stereocenters. The highest BCUT2D eigenvalue weighted by Gasteiger charge is 2.18. The van der Waals surface area contributed by atoms with Crippen molar-refractivity contribution in [3.05, 3.63) is 64.2 Å². The van der Waals surface area contributed by atoms with Crippen molar-refractivity contribution in [2.75, 3.05) is 0 Å². The van der Waals surface area contributed by atoms with E-state index in [9.17, 15) is 9.50 Å². The number of aliphatic hydroxyl groups excluding tert-OH is 1. The van der Waals surface area contributed by atoms with Gasteiger partial charge in [0.05, 0.1) is 0 Å². The van der Waals surface area contributed by atoms with E-state index < -0.39 is 12.1 Å². The van der Waals surface area contributed by atoms with Gasteiger partial charge in [-0.25, -0.2) is 4.98 Å². The molecule has 0 aliphatic carbocycles. The number of benzene rings is 1. The van der Waals surface area contributed by atoms with Crippen molar-refractivity contribution in [2.24, 2.45) is 0 Å². The first-order valence-electron chi connectivity index (χ1n) is 5.14. The van der Waals surface area contributed by atoms with E-state index in [-0.39, 0.29) is 5.56 Å². The number of halogens is 2. The molecule has 1 N–H and O–H groups in total. The van der Waals surface area contributed by atoms with Crippen LogP contribution in [0, 0.1) is 12.9 Å². The Morgan fingerprint density at radius 1 is 1.24 bits per heavy atom. The van der Waals surface area contributed by atoms with Crippen LogP contribution in [0.5, 0.6) is 0 Å². The van der Waals surface area contributed by atoms with Crippen molar-refractivity contribution in [3.63, 3.8) is 0 Å². The van der Waals surface area contributed by atoms with Crippen molar-refractivity contribution in [1.29, 1.82) is 0 Å². The summed E-state index contributed by atoms with van der Waals surface area (Å²) in [6, 6.07) is 8.31. The average Bonchev–Trinajstić information content (AvgIpc) is 2.29. The van der Waals surface area contributed by atoms with Gasteiger partial charge in [-0.2, -0.15) is 4.39 Å². The number of aromatic nitrogens is 1. The lowest BCUT2D eigenvalue weighted by Crippen LogP contribution is -2.06.